The van der Waals surface area contributed by atoms with Gasteiger partial charge >= 0.3 is 12.1 Å². The summed E-state index contributed by atoms with van der Waals surface area (Å²) in [5.41, 5.74) is 4.81. The van der Waals surface area contributed by atoms with E-state index < -0.39 is 17.7 Å². The predicted molar refractivity (Wildman–Crippen MR) is 128 cm³/mol. The smallest absolute Gasteiger partial charge is 0.416 e. The molecule has 0 amide bonds. The van der Waals surface area contributed by atoms with Crippen LogP contribution in [0.5, 0.6) is 0 Å². The number of hydrogen-bond acceptors (Lipinski definition) is 3. The van der Waals surface area contributed by atoms with Crippen LogP contribution in [0.3, 0.4) is 0 Å². The van der Waals surface area contributed by atoms with Crippen molar-refractivity contribution in [3.63, 3.8) is 0 Å². The van der Waals surface area contributed by atoms with Crippen molar-refractivity contribution in [1.29, 1.82) is 0 Å². The predicted octanol–water partition coefficient (Wildman–Crippen LogP) is 7.37. The lowest BCUT2D eigenvalue weighted by Gasteiger charge is -2.24. The molecule has 0 saturated heterocycles. The number of benzene rings is 3. The number of carbonyl (C=O) groups is 1. The van der Waals surface area contributed by atoms with Crippen molar-refractivity contribution >= 4 is 17.3 Å². The van der Waals surface area contributed by atoms with Crippen molar-refractivity contribution in [3.8, 4) is 11.1 Å². The molecular formula is C28H28F3NO2. The standard InChI is InChI=1S/C28H28F3NO2/c1-18(2)14-25(27(33)34-3)22-15-21(19-8-10-23(11-9-19)28(29,30)31)16-24(17-22)32-13-12-20-6-4-5-7-26(20)32/h4-11,15-18,25H,12-14H2,1-3H3. The maximum atomic E-state index is 13.1. The second-order valence-corrected chi connectivity index (χ2v) is 9.12. The molecule has 34 heavy (non-hydrogen) atoms. The maximum Gasteiger partial charge on any atom is 0.416 e. The summed E-state index contributed by atoms with van der Waals surface area (Å²) in [7, 11) is 1.38. The number of para-hydroxylation sites is 1. The molecule has 0 bridgehead atoms. The average molecular weight is 468 g/mol. The molecule has 178 valence electrons. The van der Waals surface area contributed by atoms with Gasteiger partial charge in [0.25, 0.3) is 0 Å². The fourth-order valence-corrected chi connectivity index (χ4v) is 4.60. The van der Waals surface area contributed by atoms with Gasteiger partial charge in [-0.05, 0) is 71.3 Å². The van der Waals surface area contributed by atoms with Crippen molar-refractivity contribution in [2.75, 3.05) is 18.6 Å². The van der Waals surface area contributed by atoms with E-state index in [1.807, 2.05) is 44.2 Å². The highest BCUT2D eigenvalue weighted by Gasteiger charge is 2.30. The molecule has 0 saturated carbocycles. The normalized spacial score (nSPS) is 14.3. The Bertz CT molecular complexity index is 1170. The Labute approximate surface area is 198 Å². The number of ether oxygens (including phenoxy) is 1. The number of rotatable bonds is 6. The summed E-state index contributed by atoms with van der Waals surface area (Å²) in [5.74, 6) is -0.517. The lowest BCUT2D eigenvalue weighted by Crippen LogP contribution is -2.18. The number of fused-ring (bicyclic) bond motifs is 1. The first kappa shape index (κ1) is 23.9. The molecule has 3 aromatic carbocycles. The zero-order chi connectivity index (χ0) is 24.5. The molecule has 1 aliphatic rings. The van der Waals surface area contributed by atoms with Gasteiger partial charge in [-0.1, -0.05) is 50.2 Å². The summed E-state index contributed by atoms with van der Waals surface area (Å²) in [4.78, 5) is 14.9. The van der Waals surface area contributed by atoms with Crippen LogP contribution in [0.2, 0.25) is 0 Å². The highest BCUT2D eigenvalue weighted by atomic mass is 19.4. The molecule has 0 N–H and O–H groups in total. The molecule has 6 heteroatoms. The molecular weight excluding hydrogens is 439 g/mol. The highest BCUT2D eigenvalue weighted by molar-refractivity contribution is 5.82. The Morgan fingerprint density at radius 3 is 2.35 bits per heavy atom. The van der Waals surface area contributed by atoms with Crippen LogP contribution in [0.15, 0.2) is 66.7 Å². The minimum Gasteiger partial charge on any atom is -0.469 e. The van der Waals surface area contributed by atoms with E-state index in [1.54, 1.807) is 0 Å². The van der Waals surface area contributed by atoms with Crippen LogP contribution < -0.4 is 4.90 Å². The fourth-order valence-electron chi connectivity index (χ4n) is 4.60. The Hall–Kier alpha value is -3.28. The number of methoxy groups -OCH3 is 1. The van der Waals surface area contributed by atoms with E-state index in [4.69, 9.17) is 4.74 Å². The maximum absolute atomic E-state index is 13.1. The molecule has 0 spiro atoms. The van der Waals surface area contributed by atoms with E-state index in [1.165, 1.54) is 24.8 Å². The number of anilines is 2. The van der Waals surface area contributed by atoms with Gasteiger partial charge in [-0.15, -0.1) is 0 Å². The molecule has 1 unspecified atom stereocenters. The van der Waals surface area contributed by atoms with E-state index in [0.717, 1.165) is 47.6 Å². The molecule has 3 aromatic rings. The van der Waals surface area contributed by atoms with Gasteiger partial charge in [0.1, 0.15) is 0 Å². The van der Waals surface area contributed by atoms with Crippen molar-refractivity contribution in [3.05, 3.63) is 83.4 Å². The van der Waals surface area contributed by atoms with Crippen LogP contribution in [0.4, 0.5) is 24.5 Å². The van der Waals surface area contributed by atoms with E-state index >= 15 is 0 Å². The first-order valence-electron chi connectivity index (χ1n) is 11.4. The van der Waals surface area contributed by atoms with Crippen LogP contribution in [0, 0.1) is 5.92 Å². The van der Waals surface area contributed by atoms with Crippen molar-refractivity contribution in [2.45, 2.75) is 38.8 Å². The van der Waals surface area contributed by atoms with Crippen LogP contribution in [0.1, 0.15) is 42.9 Å². The van der Waals surface area contributed by atoms with Crippen LogP contribution in [0.25, 0.3) is 11.1 Å². The van der Waals surface area contributed by atoms with E-state index in [-0.39, 0.29) is 11.9 Å². The molecule has 0 aromatic heterocycles. The third-order valence-corrected chi connectivity index (χ3v) is 6.28. The lowest BCUT2D eigenvalue weighted by molar-refractivity contribution is -0.143. The van der Waals surface area contributed by atoms with Gasteiger partial charge < -0.3 is 9.64 Å². The number of nitrogens with zero attached hydrogens (tertiary/aromatic N) is 1. The van der Waals surface area contributed by atoms with Gasteiger partial charge in [0.15, 0.2) is 0 Å². The monoisotopic (exact) mass is 467 g/mol. The molecule has 1 heterocycles. The fraction of sp³-hybridized carbons (Fsp3) is 0.321. The Kier molecular flexibility index (Phi) is 6.69. The van der Waals surface area contributed by atoms with Gasteiger partial charge in [-0.25, -0.2) is 0 Å². The summed E-state index contributed by atoms with van der Waals surface area (Å²) < 4.78 is 44.4. The van der Waals surface area contributed by atoms with Crippen molar-refractivity contribution in [2.24, 2.45) is 5.92 Å². The second kappa shape index (κ2) is 9.53. The quantitative estimate of drug-likeness (QED) is 0.355. The van der Waals surface area contributed by atoms with Crippen LogP contribution in [-0.2, 0) is 22.1 Å². The molecule has 0 aliphatic carbocycles. The minimum atomic E-state index is -4.39. The molecule has 3 nitrogen and oxygen atoms in total. The lowest BCUT2D eigenvalue weighted by atomic mass is 9.88. The summed E-state index contributed by atoms with van der Waals surface area (Å²) in [5, 5.41) is 0. The van der Waals surface area contributed by atoms with Crippen molar-refractivity contribution < 1.29 is 22.7 Å². The third-order valence-electron chi connectivity index (χ3n) is 6.28. The molecule has 4 rings (SSSR count). The molecule has 0 radical (unpaired) electrons. The zero-order valence-electron chi connectivity index (χ0n) is 19.5. The Morgan fingerprint density at radius 1 is 1.00 bits per heavy atom. The van der Waals surface area contributed by atoms with Crippen molar-refractivity contribution in [1.82, 2.24) is 0 Å². The topological polar surface area (TPSA) is 29.5 Å². The number of hydrogen-bond donors (Lipinski definition) is 0. The summed E-state index contributed by atoms with van der Waals surface area (Å²) >= 11 is 0. The minimum absolute atomic E-state index is 0.259. The van der Waals surface area contributed by atoms with Crippen LogP contribution >= 0.6 is 0 Å². The number of alkyl halides is 3. The number of esters is 1. The van der Waals surface area contributed by atoms with Gasteiger partial charge in [-0.2, -0.15) is 13.2 Å². The SMILES string of the molecule is COC(=O)C(CC(C)C)c1cc(-c2ccc(C(F)(F)F)cc2)cc(N2CCc3ccccc32)c1. The highest BCUT2D eigenvalue weighted by Crippen LogP contribution is 2.40. The largest absolute Gasteiger partial charge is 0.469 e. The molecule has 1 atom stereocenters. The molecule has 0 fully saturated rings. The van der Waals surface area contributed by atoms with E-state index in [0.29, 0.717) is 12.0 Å². The number of carbonyl (C=O) groups excluding carboxylic acids is 1. The van der Waals surface area contributed by atoms with Gasteiger partial charge in [0.05, 0.1) is 18.6 Å². The average Bonchev–Trinajstić information content (AvgIpc) is 3.25. The Balaban J connectivity index is 1.83. The van der Waals surface area contributed by atoms with E-state index in [9.17, 15) is 18.0 Å². The summed E-state index contributed by atoms with van der Waals surface area (Å²) in [6.07, 6.45) is -2.88. The van der Waals surface area contributed by atoms with Gasteiger partial charge in [0, 0.05) is 17.9 Å². The summed E-state index contributed by atoms with van der Waals surface area (Å²) in [6.45, 7) is 4.89. The summed E-state index contributed by atoms with van der Waals surface area (Å²) in [6, 6.07) is 19.2. The second-order valence-electron chi connectivity index (χ2n) is 9.12. The van der Waals surface area contributed by atoms with Gasteiger partial charge in [-0.3, -0.25) is 4.79 Å². The van der Waals surface area contributed by atoms with Gasteiger partial charge in [0.2, 0.25) is 0 Å². The third kappa shape index (κ3) is 4.96. The number of halogens is 3. The first-order chi connectivity index (χ1) is 16.2. The first-order valence-corrected chi connectivity index (χ1v) is 11.4. The zero-order valence-corrected chi connectivity index (χ0v) is 19.5. The van der Waals surface area contributed by atoms with E-state index in [2.05, 4.69) is 17.0 Å². The van der Waals surface area contributed by atoms with Crippen LogP contribution in [-0.4, -0.2) is 19.6 Å². The molecule has 1 aliphatic heterocycles. The Morgan fingerprint density at radius 2 is 1.71 bits per heavy atom.